The standard InChI is InChI=1S/C15H19FN2O2/c1-11(2)18(7-8-19)10-15-17-9-14(20-15)12-3-5-13(16)6-4-12/h3-6,9,11,19H,7-8,10H2,1-2H3. The van der Waals surface area contributed by atoms with Gasteiger partial charge in [-0.1, -0.05) is 0 Å². The van der Waals surface area contributed by atoms with Crippen LogP contribution in [0.2, 0.25) is 0 Å². The highest BCUT2D eigenvalue weighted by Crippen LogP contribution is 2.21. The van der Waals surface area contributed by atoms with Crippen LogP contribution in [0.5, 0.6) is 0 Å². The molecule has 0 saturated carbocycles. The molecule has 1 heterocycles. The molecule has 5 heteroatoms. The van der Waals surface area contributed by atoms with E-state index in [9.17, 15) is 4.39 Å². The van der Waals surface area contributed by atoms with Crippen molar-refractivity contribution in [2.45, 2.75) is 26.4 Å². The first kappa shape index (κ1) is 14.7. The van der Waals surface area contributed by atoms with Crippen LogP contribution in [-0.4, -0.2) is 34.2 Å². The van der Waals surface area contributed by atoms with Crippen LogP contribution in [0.1, 0.15) is 19.7 Å². The fourth-order valence-electron chi connectivity index (χ4n) is 1.95. The number of nitrogens with zero attached hydrogens (tertiary/aromatic N) is 2. The van der Waals surface area contributed by atoms with Gasteiger partial charge in [0.05, 0.1) is 19.3 Å². The van der Waals surface area contributed by atoms with Crippen molar-refractivity contribution in [2.75, 3.05) is 13.2 Å². The van der Waals surface area contributed by atoms with Crippen molar-refractivity contribution in [2.24, 2.45) is 0 Å². The van der Waals surface area contributed by atoms with Crippen LogP contribution in [-0.2, 0) is 6.54 Å². The molecule has 20 heavy (non-hydrogen) atoms. The van der Waals surface area contributed by atoms with Crippen LogP contribution >= 0.6 is 0 Å². The normalized spacial score (nSPS) is 11.5. The molecule has 1 N–H and O–H groups in total. The van der Waals surface area contributed by atoms with Crippen LogP contribution in [0.15, 0.2) is 34.9 Å². The summed E-state index contributed by atoms with van der Waals surface area (Å²) in [5.74, 6) is 0.932. The van der Waals surface area contributed by atoms with Crippen molar-refractivity contribution in [3.05, 3.63) is 42.2 Å². The number of halogens is 1. The number of aromatic nitrogens is 1. The first-order valence-electron chi connectivity index (χ1n) is 6.65. The first-order valence-corrected chi connectivity index (χ1v) is 6.65. The highest BCUT2D eigenvalue weighted by Gasteiger charge is 2.13. The van der Waals surface area contributed by atoms with Gasteiger partial charge < -0.3 is 9.52 Å². The van der Waals surface area contributed by atoms with Gasteiger partial charge in [-0.15, -0.1) is 0 Å². The predicted molar refractivity (Wildman–Crippen MR) is 74.5 cm³/mol. The molecule has 0 aliphatic rings. The molecule has 0 fully saturated rings. The van der Waals surface area contributed by atoms with Gasteiger partial charge in [0.15, 0.2) is 5.76 Å². The molecule has 2 aromatic rings. The highest BCUT2D eigenvalue weighted by atomic mass is 19.1. The number of rotatable bonds is 6. The molecule has 0 saturated heterocycles. The van der Waals surface area contributed by atoms with Gasteiger partial charge >= 0.3 is 0 Å². The molecule has 0 bridgehead atoms. The van der Waals surface area contributed by atoms with Gasteiger partial charge in [0.1, 0.15) is 5.82 Å². The molecule has 0 radical (unpaired) electrons. The number of hydrogen-bond acceptors (Lipinski definition) is 4. The number of aliphatic hydroxyl groups excluding tert-OH is 1. The van der Waals surface area contributed by atoms with E-state index in [0.29, 0.717) is 30.8 Å². The van der Waals surface area contributed by atoms with E-state index in [-0.39, 0.29) is 12.4 Å². The lowest BCUT2D eigenvalue weighted by atomic mass is 10.2. The number of benzene rings is 1. The van der Waals surface area contributed by atoms with E-state index in [1.54, 1.807) is 18.3 Å². The molecule has 0 amide bonds. The van der Waals surface area contributed by atoms with Crippen molar-refractivity contribution >= 4 is 0 Å². The summed E-state index contributed by atoms with van der Waals surface area (Å²) in [6, 6.07) is 6.40. The SMILES string of the molecule is CC(C)N(CCO)Cc1ncc(-c2ccc(F)cc2)o1. The largest absolute Gasteiger partial charge is 0.439 e. The fraction of sp³-hybridized carbons (Fsp3) is 0.400. The van der Waals surface area contributed by atoms with Gasteiger partial charge in [-0.2, -0.15) is 0 Å². The van der Waals surface area contributed by atoms with Crippen LogP contribution in [0, 0.1) is 5.82 Å². The maximum Gasteiger partial charge on any atom is 0.209 e. The zero-order valence-electron chi connectivity index (χ0n) is 11.7. The summed E-state index contributed by atoms with van der Waals surface area (Å²) >= 11 is 0. The maximum atomic E-state index is 12.9. The average molecular weight is 278 g/mol. The highest BCUT2D eigenvalue weighted by molar-refractivity contribution is 5.55. The van der Waals surface area contributed by atoms with Crippen molar-refractivity contribution in [3.63, 3.8) is 0 Å². The molecular weight excluding hydrogens is 259 g/mol. The zero-order chi connectivity index (χ0) is 14.5. The third-order valence-corrected chi connectivity index (χ3v) is 3.14. The Bertz CT molecular complexity index is 537. The Labute approximate surface area is 117 Å². The molecule has 0 spiro atoms. The monoisotopic (exact) mass is 278 g/mol. The number of aliphatic hydroxyl groups is 1. The second-order valence-electron chi connectivity index (χ2n) is 4.91. The van der Waals surface area contributed by atoms with E-state index in [1.165, 1.54) is 12.1 Å². The molecule has 1 aromatic heterocycles. The lowest BCUT2D eigenvalue weighted by molar-refractivity contribution is 0.148. The van der Waals surface area contributed by atoms with E-state index >= 15 is 0 Å². The minimum atomic E-state index is -0.276. The Morgan fingerprint density at radius 1 is 1.30 bits per heavy atom. The Kier molecular flexibility index (Phi) is 4.87. The molecular formula is C15H19FN2O2. The van der Waals surface area contributed by atoms with Gasteiger partial charge in [0.2, 0.25) is 5.89 Å². The molecule has 0 atom stereocenters. The van der Waals surface area contributed by atoms with E-state index in [4.69, 9.17) is 9.52 Å². The minimum Gasteiger partial charge on any atom is -0.439 e. The second kappa shape index (κ2) is 6.63. The zero-order valence-corrected chi connectivity index (χ0v) is 11.7. The van der Waals surface area contributed by atoms with Crippen molar-refractivity contribution in [1.29, 1.82) is 0 Å². The molecule has 0 unspecified atom stereocenters. The fourth-order valence-corrected chi connectivity index (χ4v) is 1.95. The first-order chi connectivity index (χ1) is 9.60. The van der Waals surface area contributed by atoms with Crippen molar-refractivity contribution in [3.8, 4) is 11.3 Å². The molecule has 4 nitrogen and oxygen atoms in total. The van der Waals surface area contributed by atoms with Crippen molar-refractivity contribution < 1.29 is 13.9 Å². The smallest absolute Gasteiger partial charge is 0.209 e. The van der Waals surface area contributed by atoms with E-state index in [0.717, 1.165) is 5.56 Å². The lowest BCUT2D eigenvalue weighted by Crippen LogP contribution is -2.32. The predicted octanol–water partition coefficient (Wildman–Crippen LogP) is 2.68. The maximum absolute atomic E-state index is 12.9. The van der Waals surface area contributed by atoms with Crippen molar-refractivity contribution in [1.82, 2.24) is 9.88 Å². The minimum absolute atomic E-state index is 0.101. The van der Waals surface area contributed by atoms with Crippen LogP contribution in [0.3, 0.4) is 0 Å². The van der Waals surface area contributed by atoms with Crippen LogP contribution in [0.25, 0.3) is 11.3 Å². The summed E-state index contributed by atoms with van der Waals surface area (Å²) in [4.78, 5) is 6.31. The number of oxazole rings is 1. The van der Waals surface area contributed by atoms with Crippen LogP contribution < -0.4 is 0 Å². The lowest BCUT2D eigenvalue weighted by Gasteiger charge is -2.23. The molecule has 2 rings (SSSR count). The Hall–Kier alpha value is -1.72. The molecule has 1 aromatic carbocycles. The van der Waals surface area contributed by atoms with Crippen LogP contribution in [0.4, 0.5) is 4.39 Å². The topological polar surface area (TPSA) is 49.5 Å². The second-order valence-corrected chi connectivity index (χ2v) is 4.91. The van der Waals surface area contributed by atoms with E-state index in [2.05, 4.69) is 23.7 Å². The van der Waals surface area contributed by atoms with Gasteiger partial charge in [-0.05, 0) is 38.1 Å². The summed E-state index contributed by atoms with van der Waals surface area (Å²) < 4.78 is 18.6. The summed E-state index contributed by atoms with van der Waals surface area (Å²) in [5.41, 5.74) is 0.795. The summed E-state index contributed by atoms with van der Waals surface area (Å²) in [5, 5.41) is 9.04. The molecule has 0 aliphatic heterocycles. The number of hydrogen-bond donors (Lipinski definition) is 1. The summed E-state index contributed by atoms with van der Waals surface area (Å²) in [7, 11) is 0. The van der Waals surface area contributed by atoms with E-state index < -0.39 is 0 Å². The average Bonchev–Trinajstić information content (AvgIpc) is 2.87. The van der Waals surface area contributed by atoms with Gasteiger partial charge in [-0.25, -0.2) is 9.37 Å². The van der Waals surface area contributed by atoms with Gasteiger partial charge in [0.25, 0.3) is 0 Å². The quantitative estimate of drug-likeness (QED) is 0.882. The third-order valence-electron chi connectivity index (χ3n) is 3.14. The Balaban J connectivity index is 2.10. The molecule has 0 aliphatic carbocycles. The summed E-state index contributed by atoms with van der Waals surface area (Å²) in [6.07, 6.45) is 1.64. The van der Waals surface area contributed by atoms with Gasteiger partial charge in [-0.3, -0.25) is 4.90 Å². The third kappa shape index (κ3) is 3.65. The summed E-state index contributed by atoms with van der Waals surface area (Å²) in [6.45, 7) is 5.33. The Morgan fingerprint density at radius 2 is 2.00 bits per heavy atom. The molecule has 108 valence electrons. The van der Waals surface area contributed by atoms with E-state index in [1.807, 2.05) is 0 Å². The Morgan fingerprint density at radius 3 is 2.60 bits per heavy atom. The van der Waals surface area contributed by atoms with Gasteiger partial charge in [0, 0.05) is 18.2 Å².